The van der Waals surface area contributed by atoms with Crippen LogP contribution in [0.3, 0.4) is 0 Å². The van der Waals surface area contributed by atoms with Gasteiger partial charge in [0, 0.05) is 29.6 Å². The van der Waals surface area contributed by atoms with E-state index in [9.17, 15) is 14.0 Å². The molecule has 0 saturated carbocycles. The smallest absolute Gasteiger partial charge is 0.291 e. The van der Waals surface area contributed by atoms with Crippen LogP contribution in [0.1, 0.15) is 29.0 Å². The van der Waals surface area contributed by atoms with Crippen LogP contribution in [0.5, 0.6) is 0 Å². The van der Waals surface area contributed by atoms with Crippen LogP contribution < -0.4 is 10.2 Å². The summed E-state index contributed by atoms with van der Waals surface area (Å²) in [7, 11) is 0. The first-order valence-corrected chi connectivity index (χ1v) is 8.92. The van der Waals surface area contributed by atoms with Crippen molar-refractivity contribution in [2.24, 2.45) is 0 Å². The highest BCUT2D eigenvalue weighted by Gasteiger charge is 2.25. The maximum atomic E-state index is 14.4. The zero-order valence-corrected chi connectivity index (χ0v) is 15.3. The Labute approximate surface area is 159 Å². The van der Waals surface area contributed by atoms with Crippen molar-refractivity contribution in [1.82, 2.24) is 0 Å². The molecular weight excluding hydrogens is 371 g/mol. The Morgan fingerprint density at radius 2 is 2.11 bits per heavy atom. The van der Waals surface area contributed by atoms with Crippen molar-refractivity contribution in [3.05, 3.63) is 58.6 Å². The quantitative estimate of drug-likeness (QED) is 0.695. The molecule has 2 amide bonds. The molecule has 4 rings (SSSR count). The maximum Gasteiger partial charge on any atom is 0.291 e. The number of hydrogen-bond donors (Lipinski definition) is 1. The molecule has 27 heavy (non-hydrogen) atoms. The van der Waals surface area contributed by atoms with Gasteiger partial charge in [-0.15, -0.1) is 0 Å². The lowest BCUT2D eigenvalue weighted by atomic mass is 10.1. The summed E-state index contributed by atoms with van der Waals surface area (Å²) in [5.74, 6) is -1.03. The number of carbonyl (C=O) groups excluding carboxylic acids is 2. The summed E-state index contributed by atoms with van der Waals surface area (Å²) < 4.78 is 20.1. The third kappa shape index (κ3) is 3.06. The summed E-state index contributed by atoms with van der Waals surface area (Å²) >= 11 is 6.11. The number of para-hydroxylation sites is 1. The standard InChI is InChI=1S/C20H16ClFN2O3/c1-11-13-4-2-5-14(21)19(13)27-18(11)20(26)23-12-7-8-16(15(22)10-12)24-9-3-6-17(24)25/h2,4-5,7-8,10H,3,6,9H2,1H3,(H,23,26). The second kappa shape index (κ2) is 6.70. The maximum absolute atomic E-state index is 14.4. The number of fused-ring (bicyclic) bond motifs is 1. The second-order valence-electron chi connectivity index (χ2n) is 6.44. The first-order valence-electron chi connectivity index (χ1n) is 8.54. The highest BCUT2D eigenvalue weighted by atomic mass is 35.5. The number of hydrogen-bond acceptors (Lipinski definition) is 3. The summed E-state index contributed by atoms with van der Waals surface area (Å²) in [6.45, 7) is 2.26. The van der Waals surface area contributed by atoms with E-state index < -0.39 is 11.7 Å². The number of nitrogens with one attached hydrogen (secondary N) is 1. The van der Waals surface area contributed by atoms with Gasteiger partial charge in [0.05, 0.1) is 10.7 Å². The van der Waals surface area contributed by atoms with E-state index in [0.29, 0.717) is 35.6 Å². The molecule has 2 heterocycles. The van der Waals surface area contributed by atoms with Crippen molar-refractivity contribution >= 4 is 45.8 Å². The molecule has 1 saturated heterocycles. The summed E-state index contributed by atoms with van der Waals surface area (Å²) in [5, 5.41) is 3.80. The second-order valence-corrected chi connectivity index (χ2v) is 6.85. The molecule has 3 aromatic rings. The topological polar surface area (TPSA) is 62.6 Å². The molecule has 2 aromatic carbocycles. The van der Waals surface area contributed by atoms with Crippen molar-refractivity contribution in [2.75, 3.05) is 16.8 Å². The lowest BCUT2D eigenvalue weighted by Crippen LogP contribution is -2.24. The molecule has 1 fully saturated rings. The van der Waals surface area contributed by atoms with Gasteiger partial charge < -0.3 is 14.6 Å². The number of amides is 2. The monoisotopic (exact) mass is 386 g/mol. The highest BCUT2D eigenvalue weighted by Crippen LogP contribution is 2.32. The van der Waals surface area contributed by atoms with Crippen LogP contribution in [-0.4, -0.2) is 18.4 Å². The summed E-state index contributed by atoms with van der Waals surface area (Å²) in [5.41, 5.74) is 1.60. The minimum absolute atomic E-state index is 0.0968. The van der Waals surface area contributed by atoms with Crippen LogP contribution in [0.25, 0.3) is 11.0 Å². The van der Waals surface area contributed by atoms with Crippen molar-refractivity contribution in [2.45, 2.75) is 19.8 Å². The highest BCUT2D eigenvalue weighted by molar-refractivity contribution is 6.35. The molecule has 1 aromatic heterocycles. The van der Waals surface area contributed by atoms with E-state index in [-0.39, 0.29) is 23.0 Å². The van der Waals surface area contributed by atoms with Gasteiger partial charge in [-0.2, -0.15) is 0 Å². The first kappa shape index (κ1) is 17.5. The molecule has 138 valence electrons. The average Bonchev–Trinajstić information content (AvgIpc) is 3.20. The average molecular weight is 387 g/mol. The third-order valence-corrected chi connectivity index (χ3v) is 4.99. The van der Waals surface area contributed by atoms with Crippen LogP contribution >= 0.6 is 11.6 Å². The number of rotatable bonds is 3. The van der Waals surface area contributed by atoms with E-state index in [1.165, 1.54) is 17.0 Å². The SMILES string of the molecule is Cc1c(C(=O)Nc2ccc(N3CCCC3=O)c(F)c2)oc2c(Cl)cccc12. The van der Waals surface area contributed by atoms with E-state index in [1.54, 1.807) is 25.1 Å². The normalized spacial score (nSPS) is 14.2. The number of nitrogens with zero attached hydrogens (tertiary/aromatic N) is 1. The molecule has 0 spiro atoms. The van der Waals surface area contributed by atoms with Gasteiger partial charge in [-0.1, -0.05) is 23.7 Å². The largest absolute Gasteiger partial charge is 0.449 e. The number of halogens is 2. The predicted molar refractivity (Wildman–Crippen MR) is 102 cm³/mol. The van der Waals surface area contributed by atoms with Crippen LogP contribution in [0.15, 0.2) is 40.8 Å². The van der Waals surface area contributed by atoms with Crippen LogP contribution in [0.4, 0.5) is 15.8 Å². The van der Waals surface area contributed by atoms with Gasteiger partial charge in [-0.25, -0.2) is 4.39 Å². The number of anilines is 2. The summed E-state index contributed by atoms with van der Waals surface area (Å²) in [6.07, 6.45) is 1.14. The number of carbonyl (C=O) groups is 2. The van der Waals surface area contributed by atoms with Gasteiger partial charge >= 0.3 is 0 Å². The molecule has 1 aliphatic heterocycles. The number of aryl methyl sites for hydroxylation is 1. The molecule has 7 heteroatoms. The molecular formula is C20H16ClFN2O3. The Balaban J connectivity index is 1.60. The fourth-order valence-corrected chi connectivity index (χ4v) is 3.53. The van der Waals surface area contributed by atoms with Gasteiger partial charge in [-0.05, 0) is 37.6 Å². The molecule has 0 radical (unpaired) electrons. The Kier molecular flexibility index (Phi) is 4.36. The van der Waals surface area contributed by atoms with E-state index in [4.69, 9.17) is 16.0 Å². The minimum atomic E-state index is -0.563. The van der Waals surface area contributed by atoms with E-state index >= 15 is 0 Å². The number of benzene rings is 2. The first-order chi connectivity index (χ1) is 13.0. The lowest BCUT2D eigenvalue weighted by molar-refractivity contribution is -0.117. The number of furan rings is 1. The zero-order valence-electron chi connectivity index (χ0n) is 14.5. The van der Waals surface area contributed by atoms with E-state index in [2.05, 4.69) is 5.32 Å². The fraction of sp³-hybridized carbons (Fsp3) is 0.200. The minimum Gasteiger partial charge on any atom is -0.449 e. The molecule has 5 nitrogen and oxygen atoms in total. The molecule has 0 unspecified atom stereocenters. The van der Waals surface area contributed by atoms with Crippen LogP contribution in [-0.2, 0) is 4.79 Å². The molecule has 0 atom stereocenters. The molecule has 0 aliphatic carbocycles. The van der Waals surface area contributed by atoms with E-state index in [1.807, 2.05) is 6.07 Å². The fourth-order valence-electron chi connectivity index (χ4n) is 3.32. The third-order valence-electron chi connectivity index (χ3n) is 4.69. The Hall–Kier alpha value is -2.86. The molecule has 0 bridgehead atoms. The Morgan fingerprint density at radius 1 is 1.30 bits per heavy atom. The predicted octanol–water partition coefficient (Wildman–Crippen LogP) is 4.91. The summed E-state index contributed by atoms with van der Waals surface area (Å²) in [4.78, 5) is 25.8. The van der Waals surface area contributed by atoms with Crippen molar-refractivity contribution in [3.63, 3.8) is 0 Å². The van der Waals surface area contributed by atoms with Crippen molar-refractivity contribution < 1.29 is 18.4 Å². The van der Waals surface area contributed by atoms with Crippen molar-refractivity contribution in [3.8, 4) is 0 Å². The lowest BCUT2D eigenvalue weighted by Gasteiger charge is -2.17. The van der Waals surface area contributed by atoms with Gasteiger partial charge in [-0.3, -0.25) is 9.59 Å². The van der Waals surface area contributed by atoms with Crippen molar-refractivity contribution in [1.29, 1.82) is 0 Å². The van der Waals surface area contributed by atoms with Gasteiger partial charge in [0.25, 0.3) is 5.91 Å². The molecule has 1 N–H and O–H groups in total. The van der Waals surface area contributed by atoms with Crippen LogP contribution in [0.2, 0.25) is 5.02 Å². The molecule has 1 aliphatic rings. The van der Waals surface area contributed by atoms with Gasteiger partial charge in [0.2, 0.25) is 5.91 Å². The Bertz CT molecular complexity index is 1080. The summed E-state index contributed by atoms with van der Waals surface area (Å²) in [6, 6.07) is 9.54. The van der Waals surface area contributed by atoms with Gasteiger partial charge in [0.15, 0.2) is 11.3 Å². The van der Waals surface area contributed by atoms with Crippen LogP contribution in [0, 0.1) is 12.7 Å². The zero-order chi connectivity index (χ0) is 19.1. The van der Waals surface area contributed by atoms with Gasteiger partial charge in [0.1, 0.15) is 5.82 Å². The Morgan fingerprint density at radius 3 is 2.78 bits per heavy atom. The van der Waals surface area contributed by atoms with E-state index in [0.717, 1.165) is 5.39 Å².